The maximum absolute atomic E-state index is 12.9. The molecule has 0 fully saturated rings. The van der Waals surface area contributed by atoms with Gasteiger partial charge in [0.1, 0.15) is 5.82 Å². The minimum atomic E-state index is -0.147. The van der Waals surface area contributed by atoms with E-state index >= 15 is 0 Å². The number of halogens is 1. The number of nitrogens with two attached hydrogens (primary N) is 1. The van der Waals surface area contributed by atoms with E-state index in [-0.39, 0.29) is 5.82 Å². The Balaban J connectivity index is 2.62. The number of aryl methyl sites for hydroxylation is 2. The van der Waals surface area contributed by atoms with E-state index < -0.39 is 0 Å². The van der Waals surface area contributed by atoms with Gasteiger partial charge in [-0.3, -0.25) is 0 Å². The summed E-state index contributed by atoms with van der Waals surface area (Å²) < 4.78 is 12.9. The first-order valence-corrected chi connectivity index (χ1v) is 5.08. The van der Waals surface area contributed by atoms with E-state index in [0.717, 1.165) is 24.0 Å². The van der Waals surface area contributed by atoms with Gasteiger partial charge in [0.25, 0.3) is 0 Å². The van der Waals surface area contributed by atoms with Crippen LogP contribution in [-0.4, -0.2) is 6.54 Å². The predicted octanol–water partition coefficient (Wildman–Crippen LogP) is 2.66. The summed E-state index contributed by atoms with van der Waals surface area (Å²) in [6, 6.07) is 4.96. The molecule has 1 unspecified atom stereocenters. The van der Waals surface area contributed by atoms with Gasteiger partial charge in [-0.25, -0.2) is 4.39 Å². The van der Waals surface area contributed by atoms with Crippen LogP contribution in [0.2, 0.25) is 0 Å². The van der Waals surface area contributed by atoms with E-state index in [4.69, 9.17) is 5.73 Å². The van der Waals surface area contributed by atoms with Crippen LogP contribution in [0.15, 0.2) is 18.2 Å². The van der Waals surface area contributed by atoms with Gasteiger partial charge >= 0.3 is 0 Å². The van der Waals surface area contributed by atoms with Gasteiger partial charge in [0.2, 0.25) is 0 Å². The van der Waals surface area contributed by atoms with Crippen molar-refractivity contribution in [1.29, 1.82) is 0 Å². The summed E-state index contributed by atoms with van der Waals surface area (Å²) >= 11 is 0. The van der Waals surface area contributed by atoms with E-state index in [1.807, 2.05) is 13.0 Å². The van der Waals surface area contributed by atoms with Crippen molar-refractivity contribution in [3.63, 3.8) is 0 Å². The SMILES string of the molecule is Cc1ccc(F)cc1CCC(C)CN. The second-order valence-electron chi connectivity index (χ2n) is 3.95. The lowest BCUT2D eigenvalue weighted by Crippen LogP contribution is -2.11. The highest BCUT2D eigenvalue weighted by molar-refractivity contribution is 5.26. The summed E-state index contributed by atoms with van der Waals surface area (Å²) in [5.41, 5.74) is 7.79. The molecule has 2 heteroatoms. The van der Waals surface area contributed by atoms with E-state index in [1.165, 1.54) is 6.07 Å². The fourth-order valence-corrected chi connectivity index (χ4v) is 1.43. The molecule has 0 aliphatic carbocycles. The highest BCUT2D eigenvalue weighted by atomic mass is 19.1. The van der Waals surface area contributed by atoms with Gasteiger partial charge < -0.3 is 5.73 Å². The number of rotatable bonds is 4. The lowest BCUT2D eigenvalue weighted by Gasteiger charge is -2.09. The molecule has 78 valence electrons. The maximum atomic E-state index is 12.9. The first-order valence-electron chi connectivity index (χ1n) is 5.08. The second kappa shape index (κ2) is 5.11. The van der Waals surface area contributed by atoms with Crippen LogP contribution >= 0.6 is 0 Å². The molecule has 0 aliphatic heterocycles. The Morgan fingerprint density at radius 1 is 1.43 bits per heavy atom. The molecule has 14 heavy (non-hydrogen) atoms. The zero-order chi connectivity index (χ0) is 10.6. The van der Waals surface area contributed by atoms with Crippen LogP contribution in [0.1, 0.15) is 24.5 Å². The molecule has 0 spiro atoms. The molecule has 2 N–H and O–H groups in total. The summed E-state index contributed by atoms with van der Waals surface area (Å²) in [5.74, 6) is 0.365. The number of hydrogen-bond acceptors (Lipinski definition) is 1. The Morgan fingerprint density at radius 2 is 2.14 bits per heavy atom. The monoisotopic (exact) mass is 195 g/mol. The minimum absolute atomic E-state index is 0.147. The Kier molecular flexibility index (Phi) is 4.08. The summed E-state index contributed by atoms with van der Waals surface area (Å²) in [6.45, 7) is 4.84. The Hall–Kier alpha value is -0.890. The molecular formula is C12H18FN. The van der Waals surface area contributed by atoms with E-state index in [9.17, 15) is 4.39 Å². The first kappa shape index (κ1) is 11.2. The average Bonchev–Trinajstić information content (AvgIpc) is 2.19. The zero-order valence-corrected chi connectivity index (χ0v) is 8.89. The third-order valence-corrected chi connectivity index (χ3v) is 2.62. The van der Waals surface area contributed by atoms with Crippen LogP contribution in [0.4, 0.5) is 4.39 Å². The Morgan fingerprint density at radius 3 is 2.79 bits per heavy atom. The quantitative estimate of drug-likeness (QED) is 0.785. The molecule has 1 aromatic rings. The van der Waals surface area contributed by atoms with Gasteiger partial charge in [0.05, 0.1) is 0 Å². The molecule has 0 saturated carbocycles. The highest BCUT2D eigenvalue weighted by Crippen LogP contribution is 2.14. The maximum Gasteiger partial charge on any atom is 0.123 e. The van der Waals surface area contributed by atoms with Crippen LogP contribution in [0.5, 0.6) is 0 Å². The van der Waals surface area contributed by atoms with E-state index in [2.05, 4.69) is 6.92 Å². The van der Waals surface area contributed by atoms with Crippen LogP contribution in [-0.2, 0) is 6.42 Å². The number of benzene rings is 1. The smallest absolute Gasteiger partial charge is 0.123 e. The fraction of sp³-hybridized carbons (Fsp3) is 0.500. The van der Waals surface area contributed by atoms with Crippen LogP contribution in [0, 0.1) is 18.7 Å². The third-order valence-electron chi connectivity index (χ3n) is 2.62. The fourth-order valence-electron chi connectivity index (χ4n) is 1.43. The predicted molar refractivity (Wildman–Crippen MR) is 57.7 cm³/mol. The van der Waals surface area contributed by atoms with Gasteiger partial charge in [0.15, 0.2) is 0 Å². The first-order chi connectivity index (χ1) is 6.63. The third kappa shape index (κ3) is 3.11. The van der Waals surface area contributed by atoms with Gasteiger partial charge in [0, 0.05) is 0 Å². The van der Waals surface area contributed by atoms with Gasteiger partial charge in [-0.15, -0.1) is 0 Å². The van der Waals surface area contributed by atoms with Crippen molar-refractivity contribution in [1.82, 2.24) is 0 Å². The van der Waals surface area contributed by atoms with Crippen LogP contribution in [0.3, 0.4) is 0 Å². The molecule has 1 aromatic carbocycles. The molecule has 0 heterocycles. The van der Waals surface area contributed by atoms with Crippen molar-refractivity contribution in [3.8, 4) is 0 Å². The summed E-state index contributed by atoms with van der Waals surface area (Å²) in [6.07, 6.45) is 1.95. The summed E-state index contributed by atoms with van der Waals surface area (Å²) in [4.78, 5) is 0. The average molecular weight is 195 g/mol. The molecule has 0 bridgehead atoms. The van der Waals surface area contributed by atoms with Crippen molar-refractivity contribution in [3.05, 3.63) is 35.1 Å². The Labute approximate surface area is 85.1 Å². The van der Waals surface area contributed by atoms with Gasteiger partial charge in [-0.2, -0.15) is 0 Å². The molecule has 0 amide bonds. The topological polar surface area (TPSA) is 26.0 Å². The van der Waals surface area contributed by atoms with Crippen molar-refractivity contribution in [2.45, 2.75) is 26.7 Å². The standard InChI is InChI=1S/C12H18FN/c1-9(8-14)3-5-11-7-12(13)6-4-10(11)2/h4,6-7,9H,3,5,8,14H2,1-2H3. The van der Waals surface area contributed by atoms with Crippen molar-refractivity contribution >= 4 is 0 Å². The number of hydrogen-bond donors (Lipinski definition) is 1. The van der Waals surface area contributed by atoms with Gasteiger partial charge in [-0.1, -0.05) is 13.0 Å². The zero-order valence-electron chi connectivity index (χ0n) is 8.89. The second-order valence-corrected chi connectivity index (χ2v) is 3.95. The molecule has 0 aromatic heterocycles. The molecule has 1 rings (SSSR count). The van der Waals surface area contributed by atoms with Crippen LogP contribution < -0.4 is 5.73 Å². The normalized spacial score (nSPS) is 12.9. The minimum Gasteiger partial charge on any atom is -0.330 e. The molecule has 0 aliphatic rings. The van der Waals surface area contributed by atoms with Gasteiger partial charge in [-0.05, 0) is 55.5 Å². The Bertz CT molecular complexity index is 296. The molecular weight excluding hydrogens is 177 g/mol. The van der Waals surface area contributed by atoms with E-state index in [0.29, 0.717) is 12.5 Å². The van der Waals surface area contributed by atoms with E-state index in [1.54, 1.807) is 6.07 Å². The van der Waals surface area contributed by atoms with Crippen molar-refractivity contribution in [2.24, 2.45) is 11.7 Å². The van der Waals surface area contributed by atoms with Crippen molar-refractivity contribution < 1.29 is 4.39 Å². The highest BCUT2D eigenvalue weighted by Gasteiger charge is 2.03. The molecule has 0 saturated heterocycles. The lowest BCUT2D eigenvalue weighted by atomic mass is 9.98. The van der Waals surface area contributed by atoms with Crippen LogP contribution in [0.25, 0.3) is 0 Å². The molecule has 0 radical (unpaired) electrons. The summed E-state index contributed by atoms with van der Waals surface area (Å²) in [7, 11) is 0. The molecule has 1 nitrogen and oxygen atoms in total. The molecule has 1 atom stereocenters. The largest absolute Gasteiger partial charge is 0.330 e. The van der Waals surface area contributed by atoms with Crippen molar-refractivity contribution in [2.75, 3.05) is 6.54 Å². The summed E-state index contributed by atoms with van der Waals surface area (Å²) in [5, 5.41) is 0. The lowest BCUT2D eigenvalue weighted by molar-refractivity contribution is 0.542.